The minimum absolute atomic E-state index is 0.218. The average Bonchev–Trinajstić information content (AvgIpc) is 2.41. The van der Waals surface area contributed by atoms with Gasteiger partial charge in [0.25, 0.3) is 0 Å². The molecule has 0 rings (SSSR count). The van der Waals surface area contributed by atoms with Gasteiger partial charge in [-0.3, -0.25) is 4.79 Å². The number of aliphatic hydroxyl groups is 1. The van der Waals surface area contributed by atoms with E-state index < -0.39 is 12.1 Å². The lowest BCUT2D eigenvalue weighted by Crippen LogP contribution is -2.43. The lowest BCUT2D eigenvalue weighted by Gasteiger charge is -2.20. The third-order valence-corrected chi connectivity index (χ3v) is 2.68. The van der Waals surface area contributed by atoms with Gasteiger partial charge < -0.3 is 24.6 Å². The molecule has 0 spiro atoms. The Morgan fingerprint density at radius 2 is 1.90 bits per heavy atom. The molecule has 0 saturated carbocycles. The van der Waals surface area contributed by atoms with Crippen LogP contribution in [0, 0.1) is 5.92 Å². The zero-order valence-corrected chi connectivity index (χ0v) is 13.1. The van der Waals surface area contributed by atoms with Crippen molar-refractivity contribution in [3.05, 3.63) is 0 Å². The van der Waals surface area contributed by atoms with Crippen LogP contribution in [0.1, 0.15) is 27.2 Å². The summed E-state index contributed by atoms with van der Waals surface area (Å²) >= 11 is 0. The second-order valence-electron chi connectivity index (χ2n) is 5.04. The summed E-state index contributed by atoms with van der Waals surface area (Å²) in [6, 6.07) is -0.391. The molecule has 0 saturated heterocycles. The molecule has 0 amide bonds. The van der Waals surface area contributed by atoms with Crippen molar-refractivity contribution in [1.29, 1.82) is 0 Å². The average molecular weight is 291 g/mol. The van der Waals surface area contributed by atoms with Gasteiger partial charge in [-0.1, -0.05) is 13.8 Å². The van der Waals surface area contributed by atoms with Crippen LogP contribution in [-0.2, 0) is 19.0 Å². The maximum absolute atomic E-state index is 11.6. The summed E-state index contributed by atoms with van der Waals surface area (Å²) in [4.78, 5) is 11.6. The second kappa shape index (κ2) is 12.1. The highest BCUT2D eigenvalue weighted by Crippen LogP contribution is 2.06. The Morgan fingerprint density at radius 1 is 1.25 bits per heavy atom. The number of nitrogens with one attached hydrogen (secondary N) is 1. The van der Waals surface area contributed by atoms with E-state index in [4.69, 9.17) is 14.2 Å². The third-order valence-electron chi connectivity index (χ3n) is 2.68. The highest BCUT2D eigenvalue weighted by atomic mass is 16.5. The fraction of sp³-hybridized carbons (Fsp3) is 0.929. The van der Waals surface area contributed by atoms with E-state index in [1.165, 1.54) is 7.11 Å². The summed E-state index contributed by atoms with van der Waals surface area (Å²) in [6.07, 6.45) is 0.0147. The summed E-state index contributed by atoms with van der Waals surface area (Å²) < 4.78 is 15.1. The van der Waals surface area contributed by atoms with Gasteiger partial charge >= 0.3 is 5.97 Å². The van der Waals surface area contributed by atoms with Crippen LogP contribution >= 0.6 is 0 Å². The van der Waals surface area contributed by atoms with E-state index in [0.717, 1.165) is 0 Å². The summed E-state index contributed by atoms with van der Waals surface area (Å²) in [5.41, 5.74) is 0. The number of carbonyl (C=O) groups excluding carboxylic acids is 1. The molecule has 0 aromatic heterocycles. The smallest absolute Gasteiger partial charge is 0.322 e. The number of aliphatic hydroxyl groups excluding tert-OH is 1. The fourth-order valence-corrected chi connectivity index (χ4v) is 1.70. The molecule has 6 heteroatoms. The third kappa shape index (κ3) is 10.1. The van der Waals surface area contributed by atoms with Crippen LogP contribution in [0.3, 0.4) is 0 Å². The standard InChI is InChI=1S/C14H29NO5/c1-5-19-6-7-20-10-12(16)9-15-13(8-11(2)3)14(17)18-4/h11-13,15-16H,5-10H2,1-4H3. The molecule has 2 N–H and O–H groups in total. The second-order valence-corrected chi connectivity index (χ2v) is 5.04. The van der Waals surface area contributed by atoms with Crippen LogP contribution in [0.25, 0.3) is 0 Å². The zero-order chi connectivity index (χ0) is 15.4. The van der Waals surface area contributed by atoms with Crippen molar-refractivity contribution < 1.29 is 24.1 Å². The molecule has 0 radical (unpaired) electrons. The molecule has 2 atom stereocenters. The number of carbonyl (C=O) groups is 1. The fourth-order valence-electron chi connectivity index (χ4n) is 1.70. The summed E-state index contributed by atoms with van der Waals surface area (Å²) in [5.74, 6) is 0.0642. The molecule has 0 aliphatic rings. The normalized spacial score (nSPS) is 14.3. The van der Waals surface area contributed by atoms with Gasteiger partial charge in [0.05, 0.1) is 33.0 Å². The minimum Gasteiger partial charge on any atom is -0.468 e. The van der Waals surface area contributed by atoms with Gasteiger partial charge in [-0.2, -0.15) is 0 Å². The monoisotopic (exact) mass is 291 g/mol. The Labute approximate surface area is 121 Å². The predicted molar refractivity (Wildman–Crippen MR) is 76.6 cm³/mol. The zero-order valence-electron chi connectivity index (χ0n) is 13.1. The predicted octanol–water partition coefficient (Wildman–Crippen LogP) is 0.578. The topological polar surface area (TPSA) is 77.0 Å². The van der Waals surface area contributed by atoms with Gasteiger partial charge in [-0.05, 0) is 19.3 Å². The first kappa shape index (κ1) is 19.3. The van der Waals surface area contributed by atoms with Crippen LogP contribution < -0.4 is 5.32 Å². The van der Waals surface area contributed by atoms with Crippen molar-refractivity contribution >= 4 is 5.97 Å². The van der Waals surface area contributed by atoms with E-state index in [9.17, 15) is 9.90 Å². The molecule has 0 aliphatic carbocycles. The largest absolute Gasteiger partial charge is 0.468 e. The van der Waals surface area contributed by atoms with Gasteiger partial charge in [0.2, 0.25) is 0 Å². The molecule has 2 unspecified atom stereocenters. The van der Waals surface area contributed by atoms with Crippen LogP contribution in [-0.4, -0.2) is 63.3 Å². The van der Waals surface area contributed by atoms with Crippen LogP contribution in [0.15, 0.2) is 0 Å². The Hall–Kier alpha value is -0.690. The molecule has 0 heterocycles. The van der Waals surface area contributed by atoms with E-state index in [1.54, 1.807) is 0 Å². The van der Waals surface area contributed by atoms with Gasteiger partial charge in [0, 0.05) is 13.2 Å². The Kier molecular flexibility index (Phi) is 11.7. The molecule has 20 heavy (non-hydrogen) atoms. The molecular weight excluding hydrogens is 262 g/mol. The first-order valence-corrected chi connectivity index (χ1v) is 7.16. The lowest BCUT2D eigenvalue weighted by molar-refractivity contribution is -0.143. The summed E-state index contributed by atoms with van der Waals surface area (Å²) in [7, 11) is 1.37. The first-order valence-electron chi connectivity index (χ1n) is 7.16. The van der Waals surface area contributed by atoms with Gasteiger partial charge in [0.1, 0.15) is 6.04 Å². The van der Waals surface area contributed by atoms with Crippen LogP contribution in [0.4, 0.5) is 0 Å². The van der Waals surface area contributed by atoms with Crippen molar-refractivity contribution in [2.75, 3.05) is 40.1 Å². The molecule has 0 aromatic rings. The Morgan fingerprint density at radius 3 is 2.45 bits per heavy atom. The highest BCUT2D eigenvalue weighted by molar-refractivity contribution is 5.75. The van der Waals surface area contributed by atoms with Gasteiger partial charge in [-0.15, -0.1) is 0 Å². The van der Waals surface area contributed by atoms with Gasteiger partial charge in [-0.25, -0.2) is 0 Å². The number of methoxy groups -OCH3 is 1. The number of esters is 1. The quantitative estimate of drug-likeness (QED) is 0.404. The Balaban J connectivity index is 3.86. The molecule has 0 bridgehead atoms. The van der Waals surface area contributed by atoms with Crippen LogP contribution in [0.5, 0.6) is 0 Å². The van der Waals surface area contributed by atoms with E-state index in [1.807, 2.05) is 20.8 Å². The first-order chi connectivity index (χ1) is 9.51. The van der Waals surface area contributed by atoms with E-state index in [0.29, 0.717) is 38.7 Å². The van der Waals surface area contributed by atoms with Crippen molar-refractivity contribution in [1.82, 2.24) is 5.32 Å². The minimum atomic E-state index is -0.657. The summed E-state index contributed by atoms with van der Waals surface area (Å²) in [5, 5.41) is 12.8. The molecule has 0 aliphatic heterocycles. The van der Waals surface area contributed by atoms with Crippen molar-refractivity contribution in [2.24, 2.45) is 5.92 Å². The molecule has 120 valence electrons. The maximum atomic E-state index is 11.6. The van der Waals surface area contributed by atoms with Crippen molar-refractivity contribution in [2.45, 2.75) is 39.3 Å². The van der Waals surface area contributed by atoms with Crippen LogP contribution in [0.2, 0.25) is 0 Å². The number of hydrogen-bond donors (Lipinski definition) is 2. The number of hydrogen-bond acceptors (Lipinski definition) is 6. The van der Waals surface area contributed by atoms with E-state index >= 15 is 0 Å². The molecule has 0 fully saturated rings. The molecule has 6 nitrogen and oxygen atoms in total. The SMILES string of the molecule is CCOCCOCC(O)CNC(CC(C)C)C(=O)OC. The van der Waals surface area contributed by atoms with E-state index in [2.05, 4.69) is 5.32 Å². The summed E-state index contributed by atoms with van der Waals surface area (Å²) in [6.45, 7) is 8.13. The van der Waals surface area contributed by atoms with Crippen molar-refractivity contribution in [3.8, 4) is 0 Å². The molecule has 0 aromatic carbocycles. The highest BCUT2D eigenvalue weighted by Gasteiger charge is 2.20. The van der Waals surface area contributed by atoms with Gasteiger partial charge in [0.15, 0.2) is 0 Å². The maximum Gasteiger partial charge on any atom is 0.322 e. The van der Waals surface area contributed by atoms with E-state index in [-0.39, 0.29) is 12.6 Å². The molecular formula is C14H29NO5. The number of rotatable bonds is 12. The Bertz CT molecular complexity index is 248. The van der Waals surface area contributed by atoms with Crippen molar-refractivity contribution in [3.63, 3.8) is 0 Å². The lowest BCUT2D eigenvalue weighted by atomic mass is 10.0. The number of ether oxygens (including phenoxy) is 3.